The number of nitrogens with two attached hydrogens (primary N) is 1. The maximum atomic E-state index is 13.6. The van der Waals surface area contributed by atoms with Gasteiger partial charge in [0.05, 0.1) is 40.3 Å². The highest BCUT2D eigenvalue weighted by Gasteiger charge is 2.17. The number of methoxy groups -OCH3 is 2. The fourth-order valence-corrected chi connectivity index (χ4v) is 3.38. The van der Waals surface area contributed by atoms with E-state index in [2.05, 4.69) is 21.7 Å². The van der Waals surface area contributed by atoms with E-state index < -0.39 is 11.7 Å². The second-order valence-electron chi connectivity index (χ2n) is 7.37. The Hall–Kier alpha value is -3.87. The van der Waals surface area contributed by atoms with Gasteiger partial charge in [-0.3, -0.25) is 9.78 Å². The minimum atomic E-state index is -0.562. The number of amides is 1. The quantitative estimate of drug-likeness (QED) is 0.391. The van der Waals surface area contributed by atoms with Gasteiger partial charge in [0.25, 0.3) is 5.91 Å². The number of nitrogens with zero attached hydrogens (tertiary/aromatic N) is 2. The highest BCUT2D eigenvalue weighted by molar-refractivity contribution is 6.31. The Kier molecular flexibility index (Phi) is 7.89. The normalized spacial score (nSPS) is 11.5. The number of hydrogen-bond acceptors (Lipinski definition) is 7. The van der Waals surface area contributed by atoms with Crippen LogP contribution in [0.3, 0.4) is 0 Å². The summed E-state index contributed by atoms with van der Waals surface area (Å²) in [4.78, 5) is 17.1. The molecule has 0 spiro atoms. The summed E-state index contributed by atoms with van der Waals surface area (Å²) in [5, 5.41) is 15.9. The van der Waals surface area contributed by atoms with Crippen LogP contribution in [0.1, 0.15) is 18.9 Å². The lowest BCUT2D eigenvalue weighted by atomic mass is 10.1. The Labute approximate surface area is 201 Å². The Balaban J connectivity index is 2.08. The molecule has 3 aromatic rings. The molecule has 0 aliphatic heterocycles. The van der Waals surface area contributed by atoms with Crippen molar-refractivity contribution in [1.29, 1.82) is 5.26 Å². The minimum Gasteiger partial charge on any atom is -0.494 e. The third kappa shape index (κ3) is 5.36. The van der Waals surface area contributed by atoms with Gasteiger partial charge in [-0.05, 0) is 43.2 Å². The van der Waals surface area contributed by atoms with Crippen LogP contribution in [0.5, 0.6) is 5.75 Å². The van der Waals surface area contributed by atoms with Crippen molar-refractivity contribution in [2.24, 2.45) is 5.73 Å². The van der Waals surface area contributed by atoms with Gasteiger partial charge >= 0.3 is 0 Å². The van der Waals surface area contributed by atoms with Crippen LogP contribution in [0.4, 0.5) is 21.5 Å². The van der Waals surface area contributed by atoms with Crippen LogP contribution in [0, 0.1) is 17.1 Å². The first kappa shape index (κ1) is 24.8. The molecule has 0 unspecified atom stereocenters. The van der Waals surface area contributed by atoms with Gasteiger partial charge in [-0.25, -0.2) is 4.39 Å². The monoisotopic (exact) mass is 483 g/mol. The standard InChI is InChI=1S/C24H23ClFN5O3/c1-13(6-7-33-2)22(28)24(32)31-20-9-16-19(10-21(20)34-3)29-12-14(11-27)23(16)30-15-4-5-18(26)17(25)8-15/h4-5,8-10,12H,6-7,28H2,1-3H3,(H,29,30)(H,31,32). The summed E-state index contributed by atoms with van der Waals surface area (Å²) in [6, 6.07) is 9.47. The fraction of sp³-hybridized carbons (Fsp3) is 0.208. The zero-order valence-corrected chi connectivity index (χ0v) is 19.6. The van der Waals surface area contributed by atoms with Crippen LogP contribution >= 0.6 is 11.6 Å². The van der Waals surface area contributed by atoms with Gasteiger partial charge in [-0.15, -0.1) is 0 Å². The molecule has 0 bridgehead atoms. The molecule has 3 rings (SSSR count). The van der Waals surface area contributed by atoms with Gasteiger partial charge in [0.1, 0.15) is 17.6 Å². The van der Waals surface area contributed by atoms with E-state index in [-0.39, 0.29) is 16.3 Å². The van der Waals surface area contributed by atoms with Crippen molar-refractivity contribution < 1.29 is 18.7 Å². The Morgan fingerprint density at radius 1 is 1.29 bits per heavy atom. The molecule has 2 aromatic carbocycles. The Morgan fingerprint density at radius 2 is 2.06 bits per heavy atom. The SMILES string of the molecule is COCCC(C)=C(N)C(=O)Nc1cc2c(Nc3ccc(F)c(Cl)c3)c(C#N)cnc2cc1OC. The van der Waals surface area contributed by atoms with E-state index in [4.69, 9.17) is 26.8 Å². The second-order valence-corrected chi connectivity index (χ2v) is 7.78. The van der Waals surface area contributed by atoms with Gasteiger partial charge in [-0.2, -0.15) is 5.26 Å². The van der Waals surface area contributed by atoms with Crippen molar-refractivity contribution in [3.8, 4) is 11.8 Å². The van der Waals surface area contributed by atoms with Gasteiger partial charge in [0.15, 0.2) is 0 Å². The molecule has 1 heterocycles. The molecule has 34 heavy (non-hydrogen) atoms. The number of fused-ring (bicyclic) bond motifs is 1. The molecule has 1 amide bonds. The minimum absolute atomic E-state index is 0.0670. The molecule has 0 fully saturated rings. The van der Waals surface area contributed by atoms with E-state index >= 15 is 0 Å². The van der Waals surface area contributed by atoms with Crippen LogP contribution < -0.4 is 21.1 Å². The lowest BCUT2D eigenvalue weighted by Gasteiger charge is -2.16. The predicted molar refractivity (Wildman–Crippen MR) is 130 cm³/mol. The van der Waals surface area contributed by atoms with E-state index in [9.17, 15) is 14.4 Å². The Bertz CT molecular complexity index is 1320. The topological polar surface area (TPSA) is 122 Å². The number of pyridine rings is 1. The summed E-state index contributed by atoms with van der Waals surface area (Å²) in [6.45, 7) is 2.19. The summed E-state index contributed by atoms with van der Waals surface area (Å²) >= 11 is 5.90. The molecule has 1 aromatic heterocycles. The molecule has 0 aliphatic rings. The van der Waals surface area contributed by atoms with Crippen molar-refractivity contribution in [1.82, 2.24) is 4.98 Å². The number of rotatable bonds is 8. The van der Waals surface area contributed by atoms with Gasteiger partial charge in [0, 0.05) is 37.1 Å². The summed E-state index contributed by atoms with van der Waals surface area (Å²) < 4.78 is 24.0. The lowest BCUT2D eigenvalue weighted by molar-refractivity contribution is -0.113. The highest BCUT2D eigenvalue weighted by atomic mass is 35.5. The number of nitriles is 1. The molecule has 8 nitrogen and oxygen atoms in total. The maximum Gasteiger partial charge on any atom is 0.271 e. The molecule has 10 heteroatoms. The van der Waals surface area contributed by atoms with E-state index in [1.807, 2.05) is 0 Å². The number of carbonyl (C=O) groups is 1. The van der Waals surface area contributed by atoms with Crippen molar-refractivity contribution >= 4 is 45.5 Å². The number of nitrogens with one attached hydrogen (secondary N) is 2. The van der Waals surface area contributed by atoms with E-state index in [0.29, 0.717) is 52.3 Å². The van der Waals surface area contributed by atoms with E-state index in [0.717, 1.165) is 0 Å². The fourth-order valence-electron chi connectivity index (χ4n) is 3.20. The zero-order valence-electron chi connectivity index (χ0n) is 18.8. The first-order valence-corrected chi connectivity index (χ1v) is 10.5. The average Bonchev–Trinajstić information content (AvgIpc) is 2.84. The molecular weight excluding hydrogens is 461 g/mol. The van der Waals surface area contributed by atoms with Gasteiger partial charge in [0.2, 0.25) is 0 Å². The average molecular weight is 484 g/mol. The van der Waals surface area contributed by atoms with Gasteiger partial charge in [-0.1, -0.05) is 11.6 Å². The molecule has 0 saturated heterocycles. The molecule has 4 N–H and O–H groups in total. The number of hydrogen-bond donors (Lipinski definition) is 3. The number of aromatic nitrogens is 1. The predicted octanol–water partition coefficient (Wildman–Crippen LogP) is 4.86. The third-order valence-corrected chi connectivity index (χ3v) is 5.42. The molecule has 0 radical (unpaired) electrons. The Morgan fingerprint density at radius 3 is 2.71 bits per heavy atom. The molecule has 0 atom stereocenters. The van der Waals surface area contributed by atoms with Crippen molar-refractivity contribution in [2.45, 2.75) is 13.3 Å². The summed E-state index contributed by atoms with van der Waals surface area (Å²) in [6.07, 6.45) is 1.92. The number of halogens is 2. The molecular formula is C24H23ClFN5O3. The molecule has 176 valence electrons. The van der Waals surface area contributed by atoms with Crippen LogP contribution in [-0.4, -0.2) is 31.7 Å². The summed E-state index contributed by atoms with van der Waals surface area (Å²) in [5.41, 5.74) is 8.73. The smallest absolute Gasteiger partial charge is 0.271 e. The van der Waals surface area contributed by atoms with E-state index in [1.54, 1.807) is 26.2 Å². The third-order valence-electron chi connectivity index (χ3n) is 5.13. The zero-order chi connectivity index (χ0) is 24.8. The largest absolute Gasteiger partial charge is 0.494 e. The van der Waals surface area contributed by atoms with Crippen LogP contribution in [0.2, 0.25) is 5.02 Å². The van der Waals surface area contributed by atoms with Crippen molar-refractivity contribution in [3.63, 3.8) is 0 Å². The maximum absolute atomic E-state index is 13.6. The second kappa shape index (κ2) is 10.8. The van der Waals surface area contributed by atoms with Crippen molar-refractivity contribution in [3.05, 3.63) is 64.2 Å². The van der Waals surface area contributed by atoms with Crippen LogP contribution in [-0.2, 0) is 9.53 Å². The number of carbonyl (C=O) groups excluding carboxylic acids is 1. The number of benzene rings is 2. The summed E-state index contributed by atoms with van der Waals surface area (Å²) in [5.74, 6) is -0.708. The molecule has 0 saturated carbocycles. The summed E-state index contributed by atoms with van der Waals surface area (Å²) in [7, 11) is 3.03. The highest BCUT2D eigenvalue weighted by Crippen LogP contribution is 2.36. The molecule has 0 aliphatic carbocycles. The first-order valence-electron chi connectivity index (χ1n) is 10.2. The van der Waals surface area contributed by atoms with Crippen molar-refractivity contribution in [2.75, 3.05) is 31.5 Å². The van der Waals surface area contributed by atoms with E-state index in [1.165, 1.54) is 31.5 Å². The van der Waals surface area contributed by atoms with Crippen LogP contribution in [0.15, 0.2) is 47.8 Å². The number of ether oxygens (including phenoxy) is 2. The van der Waals surface area contributed by atoms with Gasteiger partial charge < -0.3 is 25.8 Å². The number of anilines is 3. The lowest BCUT2D eigenvalue weighted by Crippen LogP contribution is -2.22. The first-order chi connectivity index (χ1) is 16.3. The van der Waals surface area contributed by atoms with Crippen LogP contribution in [0.25, 0.3) is 10.9 Å².